The Morgan fingerprint density at radius 3 is 2.33 bits per heavy atom. The van der Waals surface area contributed by atoms with Crippen LogP contribution in [-0.2, 0) is 10.2 Å². The van der Waals surface area contributed by atoms with E-state index in [0.29, 0.717) is 22.5 Å². The molecule has 0 spiro atoms. The number of aliphatic carboxylic acids is 1. The Labute approximate surface area is 157 Å². The largest absolute Gasteiger partial charge is 0.480 e. The highest BCUT2D eigenvalue weighted by atomic mass is 16.4. The van der Waals surface area contributed by atoms with Gasteiger partial charge in [0.1, 0.15) is 11.9 Å². The second-order valence-corrected chi connectivity index (χ2v) is 7.46. The molecule has 0 aliphatic heterocycles. The summed E-state index contributed by atoms with van der Waals surface area (Å²) >= 11 is 0. The fraction of sp³-hybridized carbons (Fsp3) is 0.286. The van der Waals surface area contributed by atoms with Crippen LogP contribution in [-0.4, -0.2) is 38.8 Å². The monoisotopic (exact) mass is 365 g/mol. The number of benzene rings is 2. The number of nitrogens with one attached hydrogen (secondary N) is 1. The molecule has 0 aliphatic carbocycles. The highest BCUT2D eigenvalue weighted by molar-refractivity contribution is 5.92. The van der Waals surface area contributed by atoms with E-state index in [0.717, 1.165) is 5.56 Å². The number of hydrogen-bond acceptors (Lipinski definition) is 5. The van der Waals surface area contributed by atoms with Gasteiger partial charge in [-0.25, -0.2) is 14.8 Å². The molecule has 0 amide bonds. The van der Waals surface area contributed by atoms with Gasteiger partial charge >= 0.3 is 5.97 Å². The molecule has 0 fully saturated rings. The number of anilines is 1. The van der Waals surface area contributed by atoms with Crippen molar-refractivity contribution in [1.82, 2.24) is 9.97 Å². The summed E-state index contributed by atoms with van der Waals surface area (Å²) in [7, 11) is 0. The summed E-state index contributed by atoms with van der Waals surface area (Å²) in [6.45, 7) is 5.91. The van der Waals surface area contributed by atoms with Gasteiger partial charge in [0.2, 0.25) is 0 Å². The summed E-state index contributed by atoms with van der Waals surface area (Å²) in [6.07, 6.45) is 0. The van der Waals surface area contributed by atoms with Crippen molar-refractivity contribution in [2.75, 3.05) is 11.9 Å². The van der Waals surface area contributed by atoms with Crippen molar-refractivity contribution in [1.29, 1.82) is 0 Å². The van der Waals surface area contributed by atoms with E-state index in [2.05, 4.69) is 48.2 Å². The molecule has 3 aromatic rings. The molecule has 27 heavy (non-hydrogen) atoms. The van der Waals surface area contributed by atoms with E-state index in [-0.39, 0.29) is 5.41 Å². The normalized spacial score (nSPS) is 12.7. The maximum atomic E-state index is 11.3. The third-order valence-corrected chi connectivity index (χ3v) is 4.40. The van der Waals surface area contributed by atoms with Gasteiger partial charge in [-0.3, -0.25) is 0 Å². The zero-order valence-corrected chi connectivity index (χ0v) is 15.6. The number of carbonyl (C=O) groups is 1. The number of aliphatic hydroxyl groups excluding tert-OH is 1. The third-order valence-electron chi connectivity index (χ3n) is 4.40. The smallest absolute Gasteiger partial charge is 0.328 e. The molecule has 0 aliphatic rings. The average Bonchev–Trinajstić information content (AvgIpc) is 2.65. The Hall–Kier alpha value is -2.99. The molecule has 3 N–H and O–H groups in total. The van der Waals surface area contributed by atoms with Crippen molar-refractivity contribution in [3.8, 4) is 11.4 Å². The Kier molecular flexibility index (Phi) is 5.10. The molecule has 0 unspecified atom stereocenters. The van der Waals surface area contributed by atoms with Crippen molar-refractivity contribution in [2.24, 2.45) is 0 Å². The molecule has 3 rings (SSSR count). The van der Waals surface area contributed by atoms with Crippen LogP contribution in [0.2, 0.25) is 0 Å². The van der Waals surface area contributed by atoms with E-state index >= 15 is 0 Å². The lowest BCUT2D eigenvalue weighted by atomic mass is 9.87. The maximum absolute atomic E-state index is 11.3. The molecule has 0 saturated carbocycles. The Morgan fingerprint density at radius 2 is 1.74 bits per heavy atom. The van der Waals surface area contributed by atoms with Crippen LogP contribution in [0.4, 0.5) is 5.82 Å². The van der Waals surface area contributed by atoms with Gasteiger partial charge < -0.3 is 15.5 Å². The molecule has 140 valence electrons. The van der Waals surface area contributed by atoms with Crippen molar-refractivity contribution in [2.45, 2.75) is 32.2 Å². The predicted molar refractivity (Wildman–Crippen MR) is 106 cm³/mol. The summed E-state index contributed by atoms with van der Waals surface area (Å²) in [5.41, 5.74) is 2.79. The lowest BCUT2D eigenvalue weighted by Crippen LogP contribution is -2.33. The van der Waals surface area contributed by atoms with Crippen LogP contribution in [0.25, 0.3) is 22.3 Å². The summed E-state index contributed by atoms with van der Waals surface area (Å²) in [6, 6.07) is 14.3. The first-order chi connectivity index (χ1) is 12.8. The predicted octanol–water partition coefficient (Wildman–Crippen LogP) is 3.45. The minimum Gasteiger partial charge on any atom is -0.480 e. The van der Waals surface area contributed by atoms with Crippen LogP contribution < -0.4 is 5.32 Å². The second-order valence-electron chi connectivity index (χ2n) is 7.46. The van der Waals surface area contributed by atoms with Crippen molar-refractivity contribution >= 4 is 22.7 Å². The number of fused-ring (bicyclic) bond motifs is 1. The quantitative estimate of drug-likeness (QED) is 0.641. The fourth-order valence-corrected chi connectivity index (χ4v) is 2.79. The first-order valence-electron chi connectivity index (χ1n) is 8.77. The zero-order valence-electron chi connectivity index (χ0n) is 15.6. The SMILES string of the molecule is CC(C)(C)c1ccc(-c2nc(N[C@H](CO)C(=O)O)c3ccccc3n2)cc1. The molecule has 0 bridgehead atoms. The minimum absolute atomic E-state index is 0.0469. The van der Waals surface area contributed by atoms with Crippen molar-refractivity contribution in [3.05, 3.63) is 54.1 Å². The van der Waals surface area contributed by atoms with Gasteiger partial charge in [-0.2, -0.15) is 0 Å². The molecule has 6 heteroatoms. The fourth-order valence-electron chi connectivity index (χ4n) is 2.79. The molecule has 0 saturated heterocycles. The van der Waals surface area contributed by atoms with Gasteiger partial charge in [-0.05, 0) is 23.1 Å². The van der Waals surface area contributed by atoms with Gasteiger partial charge in [0.15, 0.2) is 5.82 Å². The molecule has 6 nitrogen and oxygen atoms in total. The van der Waals surface area contributed by atoms with Gasteiger partial charge in [-0.1, -0.05) is 57.2 Å². The van der Waals surface area contributed by atoms with Gasteiger partial charge in [-0.15, -0.1) is 0 Å². The summed E-state index contributed by atoms with van der Waals surface area (Å²) in [4.78, 5) is 20.4. The van der Waals surface area contributed by atoms with Crippen LogP contribution >= 0.6 is 0 Å². The first kappa shape index (κ1) is 18.8. The lowest BCUT2D eigenvalue weighted by molar-refractivity contribution is -0.138. The van der Waals surface area contributed by atoms with Crippen LogP contribution in [0.1, 0.15) is 26.3 Å². The molecule has 0 radical (unpaired) electrons. The number of carboxylic acid groups (broad SMARTS) is 1. The van der Waals surface area contributed by atoms with E-state index in [9.17, 15) is 15.0 Å². The van der Waals surface area contributed by atoms with E-state index in [4.69, 9.17) is 0 Å². The highest BCUT2D eigenvalue weighted by Gasteiger charge is 2.19. The van der Waals surface area contributed by atoms with Gasteiger partial charge in [0.25, 0.3) is 0 Å². The third kappa shape index (κ3) is 4.06. The second kappa shape index (κ2) is 7.32. The molecule has 1 atom stereocenters. The van der Waals surface area contributed by atoms with Crippen molar-refractivity contribution < 1.29 is 15.0 Å². The van der Waals surface area contributed by atoms with Crippen LogP contribution in [0.3, 0.4) is 0 Å². The topological polar surface area (TPSA) is 95.3 Å². The summed E-state index contributed by atoms with van der Waals surface area (Å²) in [5.74, 6) is -0.257. The van der Waals surface area contributed by atoms with Crippen molar-refractivity contribution in [3.63, 3.8) is 0 Å². The highest BCUT2D eigenvalue weighted by Crippen LogP contribution is 2.28. The van der Waals surface area contributed by atoms with Crippen LogP contribution in [0.5, 0.6) is 0 Å². The average molecular weight is 365 g/mol. The number of carboxylic acids is 1. The number of aromatic nitrogens is 2. The molecule has 2 aromatic carbocycles. The van der Waals surface area contributed by atoms with Gasteiger partial charge in [0.05, 0.1) is 12.1 Å². The number of para-hydroxylation sites is 1. The molecule has 1 aromatic heterocycles. The van der Waals surface area contributed by atoms with E-state index in [1.807, 2.05) is 36.4 Å². The summed E-state index contributed by atoms with van der Waals surface area (Å²) < 4.78 is 0. The lowest BCUT2D eigenvalue weighted by Gasteiger charge is -2.19. The molecule has 1 heterocycles. The number of rotatable bonds is 5. The van der Waals surface area contributed by atoms with E-state index in [1.54, 1.807) is 0 Å². The Balaban J connectivity index is 2.07. The van der Waals surface area contributed by atoms with E-state index < -0.39 is 18.6 Å². The van der Waals surface area contributed by atoms with Gasteiger partial charge in [0, 0.05) is 10.9 Å². The van der Waals surface area contributed by atoms with E-state index in [1.165, 1.54) is 5.56 Å². The Bertz CT molecular complexity index is 963. The zero-order chi connectivity index (χ0) is 19.6. The summed E-state index contributed by atoms with van der Waals surface area (Å²) in [5, 5.41) is 22.1. The standard InChI is InChI=1S/C21H23N3O3/c1-21(2,3)14-10-8-13(9-11-14)18-22-16-7-5-4-6-15(16)19(24-18)23-17(12-25)20(26)27/h4-11,17,25H,12H2,1-3H3,(H,26,27)(H,22,23,24)/t17-/m1/s1. The Morgan fingerprint density at radius 1 is 1.07 bits per heavy atom. The van der Waals surface area contributed by atoms with Crippen LogP contribution in [0, 0.1) is 0 Å². The molecular weight excluding hydrogens is 342 g/mol. The number of aliphatic hydroxyl groups is 1. The maximum Gasteiger partial charge on any atom is 0.328 e. The number of nitrogens with zero attached hydrogens (tertiary/aromatic N) is 2. The minimum atomic E-state index is -1.14. The number of hydrogen-bond donors (Lipinski definition) is 3. The first-order valence-corrected chi connectivity index (χ1v) is 8.77. The van der Waals surface area contributed by atoms with Crippen LogP contribution in [0.15, 0.2) is 48.5 Å². The molecular formula is C21H23N3O3.